The van der Waals surface area contributed by atoms with Crippen molar-refractivity contribution < 1.29 is 9.59 Å². The van der Waals surface area contributed by atoms with Crippen molar-refractivity contribution in [2.24, 2.45) is 0 Å². The molecular formula is C19H33N5O2. The lowest BCUT2D eigenvalue weighted by Crippen LogP contribution is -2.49. The van der Waals surface area contributed by atoms with Gasteiger partial charge in [0.1, 0.15) is 11.9 Å². The summed E-state index contributed by atoms with van der Waals surface area (Å²) in [6, 6.07) is -0.452. The van der Waals surface area contributed by atoms with Crippen molar-refractivity contribution in [2.75, 3.05) is 33.7 Å². The Balaban J connectivity index is 1.86. The second-order valence-corrected chi connectivity index (χ2v) is 7.38. The molecule has 1 aliphatic heterocycles. The average Bonchev–Trinajstić information content (AvgIpc) is 3.09. The molecule has 1 atom stereocenters. The molecule has 1 unspecified atom stereocenters. The first-order chi connectivity index (χ1) is 12.4. The van der Waals surface area contributed by atoms with Crippen molar-refractivity contribution in [3.63, 3.8) is 0 Å². The third-order valence-corrected chi connectivity index (χ3v) is 4.99. The molecule has 1 fully saturated rings. The van der Waals surface area contributed by atoms with E-state index in [-0.39, 0.29) is 11.8 Å². The van der Waals surface area contributed by atoms with Gasteiger partial charge in [0.2, 0.25) is 11.8 Å². The number of nitrogens with zero attached hydrogens (tertiary/aromatic N) is 4. The summed E-state index contributed by atoms with van der Waals surface area (Å²) < 4.78 is 2.26. The van der Waals surface area contributed by atoms with E-state index in [9.17, 15) is 9.59 Å². The number of aromatic nitrogens is 2. The van der Waals surface area contributed by atoms with Crippen LogP contribution in [0.4, 0.5) is 0 Å². The van der Waals surface area contributed by atoms with Gasteiger partial charge in [-0.1, -0.05) is 6.92 Å². The molecule has 0 aliphatic carbocycles. The molecule has 1 N–H and O–H groups in total. The van der Waals surface area contributed by atoms with Gasteiger partial charge in [-0.3, -0.25) is 9.59 Å². The molecule has 1 saturated heterocycles. The van der Waals surface area contributed by atoms with Gasteiger partial charge in [0.15, 0.2) is 0 Å². The molecule has 0 spiro atoms. The summed E-state index contributed by atoms with van der Waals surface area (Å²) in [6.07, 6.45) is 7.28. The summed E-state index contributed by atoms with van der Waals surface area (Å²) in [6.45, 7) is 7.04. The van der Waals surface area contributed by atoms with Crippen LogP contribution in [0, 0.1) is 0 Å². The Kier molecular flexibility index (Phi) is 7.63. The normalized spacial score (nSPS) is 16.7. The minimum atomic E-state index is -0.452. The fraction of sp³-hybridized carbons (Fsp3) is 0.737. The van der Waals surface area contributed by atoms with E-state index in [0.29, 0.717) is 12.3 Å². The maximum absolute atomic E-state index is 12.5. The van der Waals surface area contributed by atoms with Gasteiger partial charge in [-0.05, 0) is 46.8 Å². The molecule has 7 heteroatoms. The van der Waals surface area contributed by atoms with Crippen LogP contribution in [0.25, 0.3) is 0 Å². The maximum Gasteiger partial charge on any atom is 0.244 e. The van der Waals surface area contributed by atoms with Gasteiger partial charge in [0.25, 0.3) is 0 Å². The zero-order valence-electron chi connectivity index (χ0n) is 16.6. The summed E-state index contributed by atoms with van der Waals surface area (Å²) in [7, 11) is 4.18. The van der Waals surface area contributed by atoms with Gasteiger partial charge in [-0.15, -0.1) is 0 Å². The zero-order valence-corrected chi connectivity index (χ0v) is 16.6. The Morgan fingerprint density at radius 3 is 2.65 bits per heavy atom. The molecule has 2 amide bonds. The third kappa shape index (κ3) is 5.56. The number of carbonyl (C=O) groups excluding carboxylic acids is 2. The predicted molar refractivity (Wildman–Crippen MR) is 102 cm³/mol. The molecule has 7 nitrogen and oxygen atoms in total. The predicted octanol–water partition coefficient (Wildman–Crippen LogP) is 1.46. The van der Waals surface area contributed by atoms with E-state index in [0.717, 1.165) is 51.3 Å². The van der Waals surface area contributed by atoms with Crippen LogP contribution in [0.1, 0.15) is 51.3 Å². The van der Waals surface area contributed by atoms with E-state index in [1.807, 2.05) is 11.1 Å². The molecule has 146 valence electrons. The second kappa shape index (κ2) is 9.71. The molecule has 2 heterocycles. The summed E-state index contributed by atoms with van der Waals surface area (Å²) in [4.78, 5) is 32.6. The highest BCUT2D eigenvalue weighted by molar-refractivity contribution is 5.87. The average molecular weight is 364 g/mol. The number of imidazole rings is 1. The molecule has 1 aliphatic rings. The van der Waals surface area contributed by atoms with Gasteiger partial charge in [-0.25, -0.2) is 4.98 Å². The van der Waals surface area contributed by atoms with Gasteiger partial charge in [-0.2, -0.15) is 0 Å². The quantitative estimate of drug-likeness (QED) is 0.759. The maximum atomic E-state index is 12.5. The topological polar surface area (TPSA) is 70.5 Å². The number of nitrogens with one attached hydrogen (secondary N) is 1. The van der Waals surface area contributed by atoms with Crippen molar-refractivity contribution in [1.82, 2.24) is 24.7 Å². The van der Waals surface area contributed by atoms with Crippen LogP contribution in [0.5, 0.6) is 0 Å². The SMILES string of the molecule is CCC(=O)NC(C)C(=O)N1CCC(c2nccn2CCCN(C)C)CC1. The Hall–Kier alpha value is -1.89. The molecule has 0 radical (unpaired) electrons. The van der Waals surface area contributed by atoms with Crippen molar-refractivity contribution in [3.8, 4) is 0 Å². The van der Waals surface area contributed by atoms with E-state index < -0.39 is 6.04 Å². The first-order valence-electron chi connectivity index (χ1n) is 9.66. The van der Waals surface area contributed by atoms with Gasteiger partial charge in [0.05, 0.1) is 0 Å². The highest BCUT2D eigenvalue weighted by atomic mass is 16.2. The summed E-state index contributed by atoms with van der Waals surface area (Å²) in [5, 5.41) is 2.76. The van der Waals surface area contributed by atoms with Crippen LogP contribution in [-0.4, -0.2) is 70.9 Å². The molecule has 2 rings (SSSR count). The summed E-state index contributed by atoms with van der Waals surface area (Å²) >= 11 is 0. The van der Waals surface area contributed by atoms with E-state index >= 15 is 0 Å². The van der Waals surface area contributed by atoms with Crippen molar-refractivity contribution >= 4 is 11.8 Å². The molecule has 1 aromatic heterocycles. The highest BCUT2D eigenvalue weighted by Gasteiger charge is 2.28. The molecule has 0 saturated carbocycles. The van der Waals surface area contributed by atoms with Crippen LogP contribution in [-0.2, 0) is 16.1 Å². The minimum Gasteiger partial charge on any atom is -0.345 e. The number of piperidine rings is 1. The zero-order chi connectivity index (χ0) is 19.1. The fourth-order valence-corrected chi connectivity index (χ4v) is 3.46. The standard InChI is InChI=1S/C19H33N5O2/c1-5-17(25)21-15(2)19(26)24-12-7-16(8-13-24)18-20-9-14-23(18)11-6-10-22(3)4/h9,14-16H,5-8,10-13H2,1-4H3,(H,21,25). The Morgan fingerprint density at radius 2 is 2.04 bits per heavy atom. The number of likely N-dealkylation sites (tertiary alicyclic amines) is 1. The first-order valence-corrected chi connectivity index (χ1v) is 9.66. The van der Waals surface area contributed by atoms with Crippen LogP contribution in [0.3, 0.4) is 0 Å². The second-order valence-electron chi connectivity index (χ2n) is 7.38. The van der Waals surface area contributed by atoms with Crippen LogP contribution < -0.4 is 5.32 Å². The number of hydrogen-bond acceptors (Lipinski definition) is 4. The monoisotopic (exact) mass is 363 g/mol. The lowest BCUT2D eigenvalue weighted by atomic mass is 9.95. The van der Waals surface area contributed by atoms with Crippen LogP contribution in [0.15, 0.2) is 12.4 Å². The highest BCUT2D eigenvalue weighted by Crippen LogP contribution is 2.27. The number of amides is 2. The van der Waals surface area contributed by atoms with E-state index in [4.69, 9.17) is 0 Å². The third-order valence-electron chi connectivity index (χ3n) is 4.99. The fourth-order valence-electron chi connectivity index (χ4n) is 3.46. The van der Waals surface area contributed by atoms with Crippen molar-refractivity contribution in [1.29, 1.82) is 0 Å². The Labute approximate surface area is 156 Å². The molecule has 1 aromatic rings. The molecule has 0 bridgehead atoms. The van der Waals surface area contributed by atoms with Gasteiger partial charge >= 0.3 is 0 Å². The lowest BCUT2D eigenvalue weighted by Gasteiger charge is -2.33. The molecular weight excluding hydrogens is 330 g/mol. The number of hydrogen-bond donors (Lipinski definition) is 1. The van der Waals surface area contributed by atoms with E-state index in [2.05, 4.69) is 40.1 Å². The number of aryl methyl sites for hydroxylation is 1. The lowest BCUT2D eigenvalue weighted by molar-refractivity contribution is -0.136. The smallest absolute Gasteiger partial charge is 0.244 e. The van der Waals surface area contributed by atoms with Gasteiger partial charge in [0, 0.05) is 44.4 Å². The Morgan fingerprint density at radius 1 is 1.35 bits per heavy atom. The van der Waals surface area contributed by atoms with Crippen LogP contribution in [0.2, 0.25) is 0 Å². The summed E-state index contributed by atoms with van der Waals surface area (Å²) in [5.41, 5.74) is 0. The summed E-state index contributed by atoms with van der Waals surface area (Å²) in [5.74, 6) is 1.47. The number of rotatable bonds is 8. The molecule has 0 aromatic carbocycles. The van der Waals surface area contributed by atoms with Crippen molar-refractivity contribution in [3.05, 3.63) is 18.2 Å². The number of carbonyl (C=O) groups is 2. The molecule has 26 heavy (non-hydrogen) atoms. The largest absolute Gasteiger partial charge is 0.345 e. The first kappa shape index (κ1) is 20.4. The van der Waals surface area contributed by atoms with Crippen LogP contribution >= 0.6 is 0 Å². The van der Waals surface area contributed by atoms with E-state index in [1.54, 1.807) is 13.8 Å². The van der Waals surface area contributed by atoms with Gasteiger partial charge < -0.3 is 19.7 Å². The van der Waals surface area contributed by atoms with E-state index in [1.165, 1.54) is 0 Å². The minimum absolute atomic E-state index is 0.0135. The van der Waals surface area contributed by atoms with Crippen molar-refractivity contribution in [2.45, 2.75) is 58.0 Å². The Bertz CT molecular complexity index is 591.